The average Bonchev–Trinajstić information content (AvgIpc) is 2.28. The zero-order valence-electron chi connectivity index (χ0n) is 10.1. The average molecular weight is 292 g/mol. The van der Waals surface area contributed by atoms with Gasteiger partial charge in [0, 0.05) is 18.0 Å². The summed E-state index contributed by atoms with van der Waals surface area (Å²) in [5.41, 5.74) is 0.278. The fraction of sp³-hybridized carbons (Fsp3) is 0.455. The summed E-state index contributed by atoms with van der Waals surface area (Å²) < 4.78 is 24.2. The summed E-state index contributed by atoms with van der Waals surface area (Å²) >= 11 is 5.59. The topological polar surface area (TPSA) is 77.3 Å². The lowest BCUT2D eigenvalue weighted by atomic mass is 10.2. The molecule has 0 amide bonds. The minimum absolute atomic E-state index is 0.00802. The van der Waals surface area contributed by atoms with Crippen LogP contribution in [0.5, 0.6) is 0 Å². The molecular weight excluding hydrogens is 278 g/mol. The van der Waals surface area contributed by atoms with Crippen molar-refractivity contribution >= 4 is 27.1 Å². The molecular formula is C11H14ClNO4S. The highest BCUT2D eigenvalue weighted by atomic mass is 35.5. The third kappa shape index (κ3) is 3.43. The van der Waals surface area contributed by atoms with E-state index in [2.05, 4.69) is 0 Å². The number of alkyl halides is 1. The van der Waals surface area contributed by atoms with Gasteiger partial charge in [0.2, 0.25) is 0 Å². The van der Waals surface area contributed by atoms with E-state index in [1.807, 2.05) is 0 Å². The summed E-state index contributed by atoms with van der Waals surface area (Å²) in [5, 5.41) is 10.7. The predicted molar refractivity (Wildman–Crippen MR) is 69.8 cm³/mol. The van der Waals surface area contributed by atoms with Gasteiger partial charge in [-0.1, -0.05) is 13.0 Å². The minimum Gasteiger partial charge on any atom is -0.258 e. The van der Waals surface area contributed by atoms with Gasteiger partial charge in [0.25, 0.3) is 5.69 Å². The molecule has 0 bridgehead atoms. The Hall–Kier alpha value is -1.14. The first kappa shape index (κ1) is 14.9. The normalized spacial score (nSPS) is 13.3. The molecule has 1 unspecified atom stereocenters. The molecule has 0 heterocycles. The van der Waals surface area contributed by atoms with Crippen molar-refractivity contribution in [2.75, 3.05) is 11.6 Å². The molecule has 100 valence electrons. The van der Waals surface area contributed by atoms with E-state index in [0.717, 1.165) is 6.07 Å². The lowest BCUT2D eigenvalue weighted by molar-refractivity contribution is -0.385. The lowest BCUT2D eigenvalue weighted by Gasteiger charge is -2.10. The summed E-state index contributed by atoms with van der Waals surface area (Å²) in [7, 11) is -3.55. The Kier molecular flexibility index (Phi) is 4.70. The van der Waals surface area contributed by atoms with Gasteiger partial charge < -0.3 is 0 Å². The van der Waals surface area contributed by atoms with Crippen molar-refractivity contribution < 1.29 is 13.3 Å². The van der Waals surface area contributed by atoms with Crippen LogP contribution in [-0.4, -0.2) is 25.0 Å². The third-order valence-corrected chi connectivity index (χ3v) is 5.13. The molecule has 0 saturated carbocycles. The SMILES string of the molecule is Cc1ccc([N+](=O)[O-])cc1S(=O)(=O)CC(C)CCl. The molecule has 7 heteroatoms. The highest BCUT2D eigenvalue weighted by molar-refractivity contribution is 7.91. The summed E-state index contributed by atoms with van der Waals surface area (Å²) in [6.07, 6.45) is 0. The maximum Gasteiger partial charge on any atom is 0.270 e. The van der Waals surface area contributed by atoms with E-state index < -0.39 is 14.8 Å². The Morgan fingerprint density at radius 1 is 1.44 bits per heavy atom. The molecule has 18 heavy (non-hydrogen) atoms. The summed E-state index contributed by atoms with van der Waals surface area (Å²) in [6.45, 7) is 3.33. The van der Waals surface area contributed by atoms with E-state index in [9.17, 15) is 18.5 Å². The molecule has 0 aliphatic carbocycles. The van der Waals surface area contributed by atoms with Gasteiger partial charge in [-0.3, -0.25) is 10.1 Å². The predicted octanol–water partition coefficient (Wildman–Crippen LogP) is 2.55. The van der Waals surface area contributed by atoms with Crippen LogP contribution in [0.4, 0.5) is 5.69 Å². The molecule has 0 saturated heterocycles. The number of hydrogen-bond donors (Lipinski definition) is 0. The number of hydrogen-bond acceptors (Lipinski definition) is 4. The van der Waals surface area contributed by atoms with Crippen LogP contribution in [0, 0.1) is 23.0 Å². The van der Waals surface area contributed by atoms with Gasteiger partial charge in [-0.15, -0.1) is 11.6 Å². The molecule has 1 rings (SSSR count). The zero-order valence-corrected chi connectivity index (χ0v) is 11.7. The summed E-state index contributed by atoms with van der Waals surface area (Å²) in [4.78, 5) is 10.1. The van der Waals surface area contributed by atoms with Crippen molar-refractivity contribution in [2.24, 2.45) is 5.92 Å². The molecule has 1 aromatic rings. The third-order valence-electron chi connectivity index (χ3n) is 2.48. The number of nitro benzene ring substituents is 1. The molecule has 0 aliphatic heterocycles. The van der Waals surface area contributed by atoms with Crippen LogP contribution in [-0.2, 0) is 9.84 Å². The number of aryl methyl sites for hydroxylation is 1. The Morgan fingerprint density at radius 2 is 2.06 bits per heavy atom. The highest BCUT2D eigenvalue weighted by Gasteiger charge is 2.22. The number of non-ortho nitro benzene ring substituents is 1. The Labute approximate surface area is 111 Å². The molecule has 0 aromatic heterocycles. The van der Waals surface area contributed by atoms with Gasteiger partial charge in [-0.25, -0.2) is 8.42 Å². The molecule has 1 atom stereocenters. The Morgan fingerprint density at radius 3 is 2.56 bits per heavy atom. The van der Waals surface area contributed by atoms with E-state index in [1.54, 1.807) is 13.8 Å². The standard InChI is InChI=1S/C11H14ClNO4S/c1-8(6-12)7-18(16,17)11-5-10(13(14)15)4-3-9(11)2/h3-5,8H,6-7H2,1-2H3. The first-order valence-electron chi connectivity index (χ1n) is 5.31. The smallest absolute Gasteiger partial charge is 0.258 e. The maximum atomic E-state index is 12.1. The van der Waals surface area contributed by atoms with Crippen molar-refractivity contribution in [3.05, 3.63) is 33.9 Å². The van der Waals surface area contributed by atoms with Crippen LogP contribution in [0.15, 0.2) is 23.1 Å². The zero-order chi connectivity index (χ0) is 13.9. The van der Waals surface area contributed by atoms with Crippen molar-refractivity contribution in [3.63, 3.8) is 0 Å². The molecule has 0 aliphatic rings. The van der Waals surface area contributed by atoms with Crippen LogP contribution in [0.1, 0.15) is 12.5 Å². The van der Waals surface area contributed by atoms with Gasteiger partial charge in [-0.05, 0) is 18.4 Å². The van der Waals surface area contributed by atoms with Crippen molar-refractivity contribution in [3.8, 4) is 0 Å². The number of sulfone groups is 1. The van der Waals surface area contributed by atoms with Gasteiger partial charge in [0.05, 0.1) is 15.6 Å². The van der Waals surface area contributed by atoms with Gasteiger partial charge in [0.15, 0.2) is 9.84 Å². The van der Waals surface area contributed by atoms with Crippen LogP contribution in [0.3, 0.4) is 0 Å². The number of nitro groups is 1. The number of nitrogens with zero attached hydrogens (tertiary/aromatic N) is 1. The largest absolute Gasteiger partial charge is 0.270 e. The van der Waals surface area contributed by atoms with Crippen molar-refractivity contribution in [1.82, 2.24) is 0 Å². The van der Waals surface area contributed by atoms with Crippen LogP contribution < -0.4 is 0 Å². The van der Waals surface area contributed by atoms with Crippen LogP contribution in [0.2, 0.25) is 0 Å². The van der Waals surface area contributed by atoms with Gasteiger partial charge >= 0.3 is 0 Å². The highest BCUT2D eigenvalue weighted by Crippen LogP contribution is 2.24. The minimum atomic E-state index is -3.55. The first-order chi connectivity index (χ1) is 8.27. The quantitative estimate of drug-likeness (QED) is 0.474. The molecule has 0 radical (unpaired) electrons. The van der Waals surface area contributed by atoms with E-state index >= 15 is 0 Å². The summed E-state index contributed by atoms with van der Waals surface area (Å²) in [5.74, 6) is -0.0820. The molecule has 0 fully saturated rings. The van der Waals surface area contributed by atoms with Crippen molar-refractivity contribution in [2.45, 2.75) is 18.7 Å². The second kappa shape index (κ2) is 5.67. The van der Waals surface area contributed by atoms with E-state index in [4.69, 9.17) is 11.6 Å². The Bertz CT molecular complexity index is 556. The van der Waals surface area contributed by atoms with E-state index in [1.165, 1.54) is 12.1 Å². The number of benzene rings is 1. The molecule has 0 spiro atoms. The van der Waals surface area contributed by atoms with Gasteiger partial charge in [-0.2, -0.15) is 0 Å². The Balaban J connectivity index is 3.23. The summed E-state index contributed by atoms with van der Waals surface area (Å²) in [6, 6.07) is 3.83. The number of halogens is 1. The number of rotatable bonds is 5. The van der Waals surface area contributed by atoms with Crippen molar-refractivity contribution in [1.29, 1.82) is 0 Å². The maximum absolute atomic E-state index is 12.1. The molecule has 0 N–H and O–H groups in total. The van der Waals surface area contributed by atoms with Gasteiger partial charge in [0.1, 0.15) is 0 Å². The van der Waals surface area contributed by atoms with Crippen LogP contribution in [0.25, 0.3) is 0 Å². The fourth-order valence-corrected chi connectivity index (χ4v) is 3.69. The first-order valence-corrected chi connectivity index (χ1v) is 7.50. The monoisotopic (exact) mass is 291 g/mol. The second-order valence-corrected chi connectivity index (χ2v) is 6.56. The molecule has 5 nitrogen and oxygen atoms in total. The molecule has 1 aromatic carbocycles. The van der Waals surface area contributed by atoms with E-state index in [0.29, 0.717) is 5.56 Å². The van der Waals surface area contributed by atoms with E-state index in [-0.39, 0.29) is 28.1 Å². The fourth-order valence-electron chi connectivity index (χ4n) is 1.55. The van der Waals surface area contributed by atoms with Crippen LogP contribution >= 0.6 is 11.6 Å². The lowest BCUT2D eigenvalue weighted by Crippen LogP contribution is -2.16. The second-order valence-electron chi connectivity index (χ2n) is 4.25.